The Morgan fingerprint density at radius 2 is 1.70 bits per heavy atom. The Morgan fingerprint density at radius 3 is 2.10 bits per heavy atom. The molecule has 0 aromatic carbocycles. The Bertz CT molecular complexity index is 105. The molecule has 0 nitrogen and oxygen atoms in total. The van der Waals surface area contributed by atoms with E-state index in [0.717, 1.165) is 5.92 Å². The Labute approximate surface area is 64.0 Å². The summed E-state index contributed by atoms with van der Waals surface area (Å²) in [5.41, 5.74) is 0. The van der Waals surface area contributed by atoms with E-state index in [0.29, 0.717) is 0 Å². The van der Waals surface area contributed by atoms with Crippen LogP contribution >= 0.6 is 0 Å². The lowest BCUT2D eigenvalue weighted by Crippen LogP contribution is -2.18. The van der Waals surface area contributed by atoms with E-state index in [-0.39, 0.29) is 0 Å². The molecule has 0 aromatic rings. The van der Waals surface area contributed by atoms with Gasteiger partial charge in [0.05, 0.1) is 0 Å². The van der Waals surface area contributed by atoms with Crippen LogP contribution in [0.1, 0.15) is 45.4 Å². The van der Waals surface area contributed by atoms with Crippen molar-refractivity contribution in [2.24, 2.45) is 17.8 Å². The molecule has 10 heavy (non-hydrogen) atoms. The predicted molar refractivity (Wildman–Crippen MR) is 43.8 cm³/mol. The molecule has 2 saturated carbocycles. The summed E-state index contributed by atoms with van der Waals surface area (Å²) >= 11 is 0. The van der Waals surface area contributed by atoms with Crippen LogP contribution in [0.5, 0.6) is 0 Å². The van der Waals surface area contributed by atoms with Crippen LogP contribution in [0.3, 0.4) is 0 Å². The smallest absolute Gasteiger partial charge is 0.0383 e. The van der Waals surface area contributed by atoms with Gasteiger partial charge >= 0.3 is 0 Å². The van der Waals surface area contributed by atoms with Gasteiger partial charge in [-0.3, -0.25) is 0 Å². The van der Waals surface area contributed by atoms with Crippen molar-refractivity contribution >= 4 is 0 Å². The van der Waals surface area contributed by atoms with E-state index in [1.807, 2.05) is 0 Å². The van der Waals surface area contributed by atoms with Crippen LogP contribution in [0.2, 0.25) is 0 Å². The Morgan fingerprint density at radius 1 is 1.10 bits per heavy atom. The molecule has 2 fully saturated rings. The van der Waals surface area contributed by atoms with E-state index in [9.17, 15) is 0 Å². The summed E-state index contributed by atoms with van der Waals surface area (Å²) in [6, 6.07) is 0. The maximum Gasteiger partial charge on any atom is -0.0383 e. The van der Waals surface area contributed by atoms with Crippen molar-refractivity contribution in [2.45, 2.75) is 45.4 Å². The molecule has 2 atom stereocenters. The molecule has 2 unspecified atom stereocenters. The van der Waals surface area contributed by atoms with Crippen molar-refractivity contribution in [3.8, 4) is 0 Å². The summed E-state index contributed by atoms with van der Waals surface area (Å²) in [6.07, 6.45) is 9.20. The zero-order valence-electron chi connectivity index (χ0n) is 6.97. The number of fused-ring (bicyclic) bond motifs is 1. The van der Waals surface area contributed by atoms with Crippen molar-refractivity contribution in [3.63, 3.8) is 0 Å². The number of rotatable bonds is 2. The summed E-state index contributed by atoms with van der Waals surface area (Å²) < 4.78 is 0. The summed E-state index contributed by atoms with van der Waals surface area (Å²) in [5.74, 6) is 3.48. The average molecular weight is 138 g/mol. The van der Waals surface area contributed by atoms with Gasteiger partial charge in [0.25, 0.3) is 0 Å². The molecule has 2 aliphatic rings. The topological polar surface area (TPSA) is 0 Å². The molecule has 0 N–H and O–H groups in total. The Hall–Kier alpha value is 0. The Kier molecular flexibility index (Phi) is 1.71. The fourth-order valence-electron chi connectivity index (χ4n) is 2.86. The standard InChI is InChI=1S/C10H18/c1-2-3-8-6-9-4-5-10(9)7-8/h8-10H,2-7H2,1H3. The van der Waals surface area contributed by atoms with Crippen LogP contribution in [0.25, 0.3) is 0 Å². The van der Waals surface area contributed by atoms with Gasteiger partial charge in [0.15, 0.2) is 0 Å². The predicted octanol–water partition coefficient (Wildman–Crippen LogP) is 3.22. The summed E-state index contributed by atoms with van der Waals surface area (Å²) in [6.45, 7) is 2.32. The second-order valence-electron chi connectivity index (χ2n) is 4.22. The van der Waals surface area contributed by atoms with E-state index < -0.39 is 0 Å². The SMILES string of the molecule is CCCC1CC2CCC2C1. The maximum absolute atomic E-state index is 2.32. The lowest BCUT2D eigenvalue weighted by Gasteiger charge is -2.29. The van der Waals surface area contributed by atoms with Gasteiger partial charge in [0.2, 0.25) is 0 Å². The third-order valence-electron chi connectivity index (χ3n) is 3.54. The zero-order chi connectivity index (χ0) is 6.97. The number of hydrogen-bond donors (Lipinski definition) is 0. The maximum atomic E-state index is 2.32. The molecular formula is C10H18. The summed E-state index contributed by atoms with van der Waals surface area (Å²) in [5, 5.41) is 0. The lowest BCUT2D eigenvalue weighted by molar-refractivity contribution is 0.219. The van der Waals surface area contributed by atoms with Crippen molar-refractivity contribution in [3.05, 3.63) is 0 Å². The quantitative estimate of drug-likeness (QED) is 0.549. The Balaban J connectivity index is 1.81. The third kappa shape index (κ3) is 0.980. The molecule has 0 amide bonds. The lowest BCUT2D eigenvalue weighted by atomic mass is 9.77. The first kappa shape index (κ1) is 6.69. The first-order valence-electron chi connectivity index (χ1n) is 4.90. The minimum Gasteiger partial charge on any atom is -0.0654 e. The van der Waals surface area contributed by atoms with Crippen molar-refractivity contribution in [1.29, 1.82) is 0 Å². The minimum atomic E-state index is 1.13. The first-order chi connectivity index (χ1) is 4.90. The normalized spacial score (nSPS) is 44.7. The van der Waals surface area contributed by atoms with Gasteiger partial charge in [-0.1, -0.05) is 19.8 Å². The summed E-state index contributed by atoms with van der Waals surface area (Å²) in [4.78, 5) is 0. The fraction of sp³-hybridized carbons (Fsp3) is 1.00. The average Bonchev–Trinajstić information content (AvgIpc) is 2.14. The molecule has 0 saturated heterocycles. The highest BCUT2D eigenvalue weighted by Crippen LogP contribution is 2.50. The van der Waals surface area contributed by atoms with Gasteiger partial charge in [-0.2, -0.15) is 0 Å². The van der Waals surface area contributed by atoms with Crippen LogP contribution in [-0.4, -0.2) is 0 Å². The van der Waals surface area contributed by atoms with E-state index >= 15 is 0 Å². The van der Waals surface area contributed by atoms with E-state index in [1.54, 1.807) is 25.7 Å². The molecule has 0 bridgehead atoms. The molecule has 0 radical (unpaired) electrons. The van der Waals surface area contributed by atoms with Gasteiger partial charge in [-0.25, -0.2) is 0 Å². The highest BCUT2D eigenvalue weighted by Gasteiger charge is 2.39. The van der Waals surface area contributed by atoms with Gasteiger partial charge in [-0.15, -0.1) is 0 Å². The molecule has 0 heteroatoms. The van der Waals surface area contributed by atoms with Gasteiger partial charge in [-0.05, 0) is 43.4 Å². The molecule has 0 aliphatic heterocycles. The molecule has 2 rings (SSSR count). The van der Waals surface area contributed by atoms with E-state index in [4.69, 9.17) is 0 Å². The van der Waals surface area contributed by atoms with Gasteiger partial charge in [0, 0.05) is 0 Å². The minimum absolute atomic E-state index is 1.13. The van der Waals surface area contributed by atoms with Crippen LogP contribution in [0, 0.1) is 17.8 Å². The third-order valence-corrected chi connectivity index (χ3v) is 3.54. The van der Waals surface area contributed by atoms with Gasteiger partial charge in [0.1, 0.15) is 0 Å². The summed E-state index contributed by atoms with van der Waals surface area (Å²) in [7, 11) is 0. The van der Waals surface area contributed by atoms with Crippen LogP contribution < -0.4 is 0 Å². The van der Waals surface area contributed by atoms with Crippen molar-refractivity contribution in [1.82, 2.24) is 0 Å². The highest BCUT2D eigenvalue weighted by atomic mass is 14.4. The molecule has 0 aromatic heterocycles. The van der Waals surface area contributed by atoms with Crippen LogP contribution in [-0.2, 0) is 0 Å². The van der Waals surface area contributed by atoms with Crippen LogP contribution in [0.15, 0.2) is 0 Å². The molecular weight excluding hydrogens is 120 g/mol. The van der Waals surface area contributed by atoms with Gasteiger partial charge < -0.3 is 0 Å². The first-order valence-corrected chi connectivity index (χ1v) is 4.90. The van der Waals surface area contributed by atoms with Crippen molar-refractivity contribution < 1.29 is 0 Å². The van der Waals surface area contributed by atoms with E-state index in [2.05, 4.69) is 6.92 Å². The largest absolute Gasteiger partial charge is 0.0654 e. The van der Waals surface area contributed by atoms with Crippen molar-refractivity contribution in [2.75, 3.05) is 0 Å². The van der Waals surface area contributed by atoms with Crippen LogP contribution in [0.4, 0.5) is 0 Å². The molecule has 0 spiro atoms. The zero-order valence-corrected chi connectivity index (χ0v) is 6.97. The second-order valence-corrected chi connectivity index (χ2v) is 4.22. The fourth-order valence-corrected chi connectivity index (χ4v) is 2.86. The second kappa shape index (κ2) is 2.56. The molecule has 58 valence electrons. The highest BCUT2D eigenvalue weighted by molar-refractivity contribution is 4.90. The number of hydrogen-bond acceptors (Lipinski definition) is 0. The molecule has 2 aliphatic carbocycles. The van der Waals surface area contributed by atoms with E-state index in [1.165, 1.54) is 24.7 Å². The molecule has 0 heterocycles. The monoisotopic (exact) mass is 138 g/mol.